The molecule has 1 aromatic heterocycles. The normalized spacial score (nSPS) is 11.5. The molecule has 0 aliphatic heterocycles. The maximum absolute atomic E-state index is 14.6. The van der Waals surface area contributed by atoms with Crippen LogP contribution in [0.3, 0.4) is 0 Å². The molecule has 0 aliphatic rings. The number of carbonyl (C=O) groups excluding carboxylic acids is 1. The van der Waals surface area contributed by atoms with Crippen molar-refractivity contribution in [2.24, 2.45) is 0 Å². The molecule has 3 aromatic rings. The highest BCUT2D eigenvalue weighted by Gasteiger charge is 2.40. The van der Waals surface area contributed by atoms with Crippen LogP contribution in [-0.2, 0) is 23.0 Å². The number of benzene rings is 2. The number of esters is 1. The molecule has 9 heteroatoms. The third-order valence-corrected chi connectivity index (χ3v) is 4.65. The lowest BCUT2D eigenvalue weighted by atomic mass is 10.0. The van der Waals surface area contributed by atoms with Gasteiger partial charge in [0.25, 0.3) is 0 Å². The van der Waals surface area contributed by atoms with E-state index in [1.54, 1.807) is 25.1 Å². The average molecular weight is 441 g/mol. The number of carbonyl (C=O) groups is 1. The SMILES string of the molecule is CCOC(=O)c1ccc(Cc2noc(C(F)(F)c3ccc(Cl)cc3)n2)cc1CCl. The van der Waals surface area contributed by atoms with Gasteiger partial charge < -0.3 is 9.26 Å². The minimum Gasteiger partial charge on any atom is -0.462 e. The van der Waals surface area contributed by atoms with Crippen LogP contribution in [0, 0.1) is 0 Å². The highest BCUT2D eigenvalue weighted by atomic mass is 35.5. The summed E-state index contributed by atoms with van der Waals surface area (Å²) in [5.41, 5.74) is 1.31. The first kappa shape index (κ1) is 21.2. The third-order valence-electron chi connectivity index (χ3n) is 4.11. The van der Waals surface area contributed by atoms with E-state index in [9.17, 15) is 13.6 Å². The van der Waals surface area contributed by atoms with Gasteiger partial charge in [-0.2, -0.15) is 13.8 Å². The summed E-state index contributed by atoms with van der Waals surface area (Å²) in [6.45, 7) is 1.95. The zero-order valence-electron chi connectivity index (χ0n) is 15.3. The summed E-state index contributed by atoms with van der Waals surface area (Å²) in [5.74, 6) is -4.56. The zero-order chi connectivity index (χ0) is 21.0. The molecule has 0 amide bonds. The molecule has 0 N–H and O–H groups in total. The van der Waals surface area contributed by atoms with Gasteiger partial charge in [0.1, 0.15) is 0 Å². The fourth-order valence-corrected chi connectivity index (χ4v) is 3.04. The number of alkyl halides is 3. The molecule has 0 saturated heterocycles. The number of nitrogens with zero attached hydrogens (tertiary/aromatic N) is 2. The minimum absolute atomic E-state index is 0.0815. The molecule has 0 atom stereocenters. The Kier molecular flexibility index (Phi) is 6.49. The standard InChI is InChI=1S/C20H16Cl2F2N2O3/c1-2-28-18(27)16-8-3-12(9-13(16)11-21)10-17-25-19(29-26-17)20(23,24)14-4-6-15(22)7-5-14/h3-9H,2,10-11H2,1H3. The van der Waals surface area contributed by atoms with Crippen LogP contribution in [0.15, 0.2) is 47.0 Å². The summed E-state index contributed by atoms with van der Waals surface area (Å²) in [7, 11) is 0. The van der Waals surface area contributed by atoms with E-state index in [1.807, 2.05) is 0 Å². The second kappa shape index (κ2) is 8.88. The first-order valence-corrected chi connectivity index (χ1v) is 9.58. The van der Waals surface area contributed by atoms with E-state index in [1.165, 1.54) is 24.3 Å². The van der Waals surface area contributed by atoms with Crippen LogP contribution in [0.1, 0.15) is 45.7 Å². The molecule has 0 fully saturated rings. The van der Waals surface area contributed by atoms with Crippen molar-refractivity contribution >= 4 is 29.2 Å². The van der Waals surface area contributed by atoms with Gasteiger partial charge in [-0.05, 0) is 36.2 Å². The monoisotopic (exact) mass is 440 g/mol. The maximum Gasteiger partial charge on any atom is 0.350 e. The molecular formula is C20H16Cl2F2N2O3. The molecule has 0 spiro atoms. The van der Waals surface area contributed by atoms with Crippen LogP contribution >= 0.6 is 23.2 Å². The van der Waals surface area contributed by atoms with Crippen molar-refractivity contribution in [3.63, 3.8) is 0 Å². The fourth-order valence-electron chi connectivity index (χ4n) is 2.69. The van der Waals surface area contributed by atoms with Crippen LogP contribution in [-0.4, -0.2) is 22.7 Å². The Morgan fingerprint density at radius 3 is 2.59 bits per heavy atom. The lowest BCUT2D eigenvalue weighted by Gasteiger charge is -2.11. The molecule has 0 unspecified atom stereocenters. The third kappa shape index (κ3) is 4.74. The van der Waals surface area contributed by atoms with Gasteiger partial charge in [-0.25, -0.2) is 4.79 Å². The van der Waals surface area contributed by atoms with Crippen LogP contribution in [0.5, 0.6) is 0 Å². The van der Waals surface area contributed by atoms with E-state index in [-0.39, 0.29) is 30.3 Å². The van der Waals surface area contributed by atoms with Crippen LogP contribution in [0.25, 0.3) is 0 Å². The van der Waals surface area contributed by atoms with E-state index in [4.69, 9.17) is 32.5 Å². The highest BCUT2D eigenvalue weighted by Crippen LogP contribution is 2.35. The van der Waals surface area contributed by atoms with Crippen molar-refractivity contribution in [2.75, 3.05) is 6.61 Å². The number of aromatic nitrogens is 2. The Balaban J connectivity index is 1.81. The number of hydrogen-bond acceptors (Lipinski definition) is 5. The van der Waals surface area contributed by atoms with Gasteiger partial charge in [0.15, 0.2) is 5.82 Å². The summed E-state index contributed by atoms with van der Waals surface area (Å²) < 4.78 is 39.0. The van der Waals surface area contributed by atoms with E-state index < -0.39 is 17.8 Å². The largest absolute Gasteiger partial charge is 0.462 e. The van der Waals surface area contributed by atoms with Crippen molar-refractivity contribution in [1.29, 1.82) is 0 Å². The average Bonchev–Trinajstić information content (AvgIpc) is 3.17. The number of halogens is 4. The van der Waals surface area contributed by atoms with E-state index in [2.05, 4.69) is 10.1 Å². The van der Waals surface area contributed by atoms with Crippen LogP contribution < -0.4 is 0 Å². The van der Waals surface area contributed by atoms with Crippen LogP contribution in [0.4, 0.5) is 8.78 Å². The Hall–Kier alpha value is -2.51. The van der Waals surface area contributed by atoms with Crippen molar-refractivity contribution in [3.8, 4) is 0 Å². The molecule has 0 radical (unpaired) electrons. The van der Waals surface area contributed by atoms with E-state index in [0.29, 0.717) is 21.7 Å². The highest BCUT2D eigenvalue weighted by molar-refractivity contribution is 6.30. The Bertz CT molecular complexity index is 1010. The quantitative estimate of drug-likeness (QED) is 0.365. The summed E-state index contributed by atoms with van der Waals surface area (Å²) in [6.07, 6.45) is 0.132. The second-order valence-corrected chi connectivity index (χ2v) is 6.82. The smallest absolute Gasteiger partial charge is 0.350 e. The van der Waals surface area contributed by atoms with Gasteiger partial charge in [0.2, 0.25) is 0 Å². The number of rotatable bonds is 7. The zero-order valence-corrected chi connectivity index (χ0v) is 16.8. The first-order valence-electron chi connectivity index (χ1n) is 8.67. The molecule has 2 aromatic carbocycles. The van der Waals surface area contributed by atoms with Gasteiger partial charge in [-0.3, -0.25) is 0 Å². The lowest BCUT2D eigenvalue weighted by Crippen LogP contribution is -2.15. The number of hydrogen-bond donors (Lipinski definition) is 0. The van der Waals surface area contributed by atoms with Gasteiger partial charge in [0.05, 0.1) is 12.2 Å². The van der Waals surface area contributed by atoms with Gasteiger partial charge in [0, 0.05) is 22.9 Å². The predicted molar refractivity (Wildman–Crippen MR) is 104 cm³/mol. The molecule has 1 heterocycles. The molecule has 5 nitrogen and oxygen atoms in total. The predicted octanol–water partition coefficient (Wildman–Crippen LogP) is 5.37. The Labute approximate surface area is 175 Å². The maximum atomic E-state index is 14.6. The van der Waals surface area contributed by atoms with Crippen molar-refractivity contribution in [3.05, 3.63) is 81.5 Å². The van der Waals surface area contributed by atoms with Gasteiger partial charge in [-0.1, -0.05) is 41.0 Å². The molecule has 0 bridgehead atoms. The van der Waals surface area contributed by atoms with Gasteiger partial charge in [-0.15, -0.1) is 11.6 Å². The molecular weight excluding hydrogens is 425 g/mol. The summed E-state index contributed by atoms with van der Waals surface area (Å²) in [5, 5.41) is 3.99. The second-order valence-electron chi connectivity index (χ2n) is 6.12. The topological polar surface area (TPSA) is 65.2 Å². The molecule has 0 saturated carbocycles. The summed E-state index contributed by atoms with van der Waals surface area (Å²) in [6, 6.07) is 10.1. The van der Waals surface area contributed by atoms with Crippen molar-refractivity contribution in [2.45, 2.75) is 25.1 Å². The molecule has 29 heavy (non-hydrogen) atoms. The molecule has 0 aliphatic carbocycles. The minimum atomic E-state index is -3.45. The lowest BCUT2D eigenvalue weighted by molar-refractivity contribution is 0.00761. The van der Waals surface area contributed by atoms with E-state index >= 15 is 0 Å². The first-order chi connectivity index (χ1) is 13.8. The molecule has 3 rings (SSSR count). The Morgan fingerprint density at radius 1 is 1.21 bits per heavy atom. The van der Waals surface area contributed by atoms with E-state index in [0.717, 1.165) is 0 Å². The Morgan fingerprint density at radius 2 is 1.93 bits per heavy atom. The van der Waals surface area contributed by atoms with Gasteiger partial charge >= 0.3 is 17.8 Å². The van der Waals surface area contributed by atoms with Crippen molar-refractivity contribution < 1.29 is 22.8 Å². The molecule has 152 valence electrons. The number of ether oxygens (including phenoxy) is 1. The summed E-state index contributed by atoms with van der Waals surface area (Å²) >= 11 is 11.7. The fraction of sp³-hybridized carbons (Fsp3) is 0.250. The summed E-state index contributed by atoms with van der Waals surface area (Å²) in [4.78, 5) is 15.8. The van der Waals surface area contributed by atoms with Crippen molar-refractivity contribution in [1.82, 2.24) is 10.1 Å². The van der Waals surface area contributed by atoms with Crippen LogP contribution in [0.2, 0.25) is 5.02 Å².